The number of piperidine rings is 1. The maximum absolute atomic E-state index is 12.3. The lowest BCUT2D eigenvalue weighted by molar-refractivity contribution is -0.126. The lowest BCUT2D eigenvalue weighted by Gasteiger charge is -2.32. The molecule has 2 fully saturated rings. The lowest BCUT2D eigenvalue weighted by Crippen LogP contribution is -2.43. The summed E-state index contributed by atoms with van der Waals surface area (Å²) >= 11 is 5.86. The van der Waals surface area contributed by atoms with Gasteiger partial charge in [-0.3, -0.25) is 4.79 Å². The summed E-state index contributed by atoms with van der Waals surface area (Å²) in [7, 11) is 0. The fourth-order valence-corrected chi connectivity index (χ4v) is 3.10. The quantitative estimate of drug-likeness (QED) is 0.847. The molecule has 0 aromatic heterocycles. The summed E-state index contributed by atoms with van der Waals surface area (Å²) in [6.07, 6.45) is 1.87. The van der Waals surface area contributed by atoms with Gasteiger partial charge in [-0.1, -0.05) is 23.7 Å². The van der Waals surface area contributed by atoms with Crippen molar-refractivity contribution in [3.05, 3.63) is 34.9 Å². The number of halogens is 1. The number of hydrogen-bond acceptors (Lipinski definition) is 3. The van der Waals surface area contributed by atoms with Gasteiger partial charge in [0.25, 0.3) is 0 Å². The highest BCUT2D eigenvalue weighted by molar-refractivity contribution is 6.30. The molecule has 4 nitrogen and oxygen atoms in total. The first-order valence-electron chi connectivity index (χ1n) is 7.93. The minimum absolute atomic E-state index is 0.0731. The van der Waals surface area contributed by atoms with E-state index in [9.17, 15) is 4.79 Å². The Kier molecular flexibility index (Phi) is 4.71. The van der Waals surface area contributed by atoms with Gasteiger partial charge in [0.2, 0.25) is 5.91 Å². The van der Waals surface area contributed by atoms with Gasteiger partial charge in [0.1, 0.15) is 5.60 Å². The Hall–Kier alpha value is -1.10. The summed E-state index contributed by atoms with van der Waals surface area (Å²) in [6.45, 7) is 6.55. The third kappa shape index (κ3) is 4.22. The van der Waals surface area contributed by atoms with E-state index in [1.54, 1.807) is 0 Å². The predicted molar refractivity (Wildman–Crippen MR) is 86.8 cm³/mol. The molecule has 0 unspecified atom stereocenters. The summed E-state index contributed by atoms with van der Waals surface area (Å²) in [5, 5.41) is 3.76. The SMILES string of the molecule is C[C@]1(CN2CCC(C(=O)NCc3ccc(Cl)cc3)CC2)CO1. The second kappa shape index (κ2) is 6.57. The molecule has 2 aliphatic heterocycles. The lowest BCUT2D eigenvalue weighted by atomic mass is 9.95. The van der Waals surface area contributed by atoms with E-state index in [-0.39, 0.29) is 17.4 Å². The van der Waals surface area contributed by atoms with E-state index in [1.807, 2.05) is 24.3 Å². The Morgan fingerprint density at radius 1 is 1.36 bits per heavy atom. The van der Waals surface area contributed by atoms with Crippen LogP contribution < -0.4 is 5.32 Å². The number of carbonyl (C=O) groups is 1. The van der Waals surface area contributed by atoms with E-state index in [2.05, 4.69) is 17.1 Å². The number of nitrogens with one attached hydrogen (secondary N) is 1. The van der Waals surface area contributed by atoms with Crippen LogP contribution in [0.15, 0.2) is 24.3 Å². The van der Waals surface area contributed by atoms with Gasteiger partial charge in [0.15, 0.2) is 0 Å². The standard InChI is InChI=1S/C17H23ClN2O2/c1-17(12-22-17)11-20-8-6-14(7-9-20)16(21)19-10-13-2-4-15(18)5-3-13/h2-5,14H,6-12H2,1H3,(H,19,21)/t17-/m0/s1. The molecule has 0 saturated carbocycles. The van der Waals surface area contributed by atoms with Gasteiger partial charge in [0.05, 0.1) is 6.61 Å². The Bertz CT molecular complexity index is 520. The van der Waals surface area contributed by atoms with Crippen LogP contribution in [0.3, 0.4) is 0 Å². The summed E-state index contributed by atoms with van der Waals surface area (Å²) in [4.78, 5) is 14.7. The first kappa shape index (κ1) is 15.8. The van der Waals surface area contributed by atoms with Crippen molar-refractivity contribution in [3.8, 4) is 0 Å². The summed E-state index contributed by atoms with van der Waals surface area (Å²) in [5.74, 6) is 0.306. The Balaban J connectivity index is 1.40. The first-order valence-corrected chi connectivity index (χ1v) is 8.30. The highest BCUT2D eigenvalue weighted by atomic mass is 35.5. The molecule has 5 heteroatoms. The molecule has 22 heavy (non-hydrogen) atoms. The molecule has 0 radical (unpaired) electrons. The fraction of sp³-hybridized carbons (Fsp3) is 0.588. The Morgan fingerprint density at radius 3 is 2.59 bits per heavy atom. The van der Waals surface area contributed by atoms with Crippen LogP contribution in [-0.2, 0) is 16.1 Å². The van der Waals surface area contributed by atoms with Gasteiger partial charge in [-0.05, 0) is 50.6 Å². The number of amides is 1. The minimum Gasteiger partial charge on any atom is -0.369 e. The number of carbonyl (C=O) groups excluding carboxylic acids is 1. The third-order valence-corrected chi connectivity index (χ3v) is 4.79. The van der Waals surface area contributed by atoms with Gasteiger partial charge in [-0.15, -0.1) is 0 Å². The molecule has 2 heterocycles. The zero-order chi connectivity index (χ0) is 15.6. The van der Waals surface area contributed by atoms with Crippen LogP contribution in [0.5, 0.6) is 0 Å². The molecule has 120 valence electrons. The van der Waals surface area contributed by atoms with Crippen LogP contribution in [0.4, 0.5) is 0 Å². The number of likely N-dealkylation sites (tertiary alicyclic amines) is 1. The summed E-state index contributed by atoms with van der Waals surface area (Å²) in [5.41, 5.74) is 1.15. The number of nitrogens with zero attached hydrogens (tertiary/aromatic N) is 1. The van der Waals surface area contributed by atoms with Gasteiger partial charge >= 0.3 is 0 Å². The molecule has 0 aliphatic carbocycles. The van der Waals surface area contributed by atoms with Crippen LogP contribution >= 0.6 is 11.6 Å². The smallest absolute Gasteiger partial charge is 0.223 e. The maximum atomic E-state index is 12.3. The second-order valence-electron chi connectivity index (χ2n) is 6.63. The predicted octanol–water partition coefficient (Wildman–Crippen LogP) is 2.46. The number of epoxide rings is 1. The van der Waals surface area contributed by atoms with E-state index in [0.29, 0.717) is 6.54 Å². The normalized spacial score (nSPS) is 25.9. The van der Waals surface area contributed by atoms with Crippen LogP contribution in [0, 0.1) is 5.92 Å². The van der Waals surface area contributed by atoms with Crippen molar-refractivity contribution in [2.75, 3.05) is 26.2 Å². The average Bonchev–Trinajstić information content (AvgIpc) is 3.24. The number of hydrogen-bond donors (Lipinski definition) is 1. The second-order valence-corrected chi connectivity index (χ2v) is 7.07. The molecule has 0 spiro atoms. The van der Waals surface area contributed by atoms with Crippen molar-refractivity contribution in [2.45, 2.75) is 31.9 Å². The summed E-state index contributed by atoms with van der Waals surface area (Å²) < 4.78 is 5.44. The molecule has 1 atom stereocenters. The van der Waals surface area contributed by atoms with Crippen LogP contribution in [0.2, 0.25) is 5.02 Å². The number of ether oxygens (including phenoxy) is 1. The van der Waals surface area contributed by atoms with E-state index in [4.69, 9.17) is 16.3 Å². The molecule has 1 aromatic rings. The highest BCUT2D eigenvalue weighted by Gasteiger charge is 2.41. The van der Waals surface area contributed by atoms with Crippen molar-refractivity contribution in [3.63, 3.8) is 0 Å². The number of benzene rings is 1. The highest BCUT2D eigenvalue weighted by Crippen LogP contribution is 2.29. The van der Waals surface area contributed by atoms with Crippen molar-refractivity contribution >= 4 is 17.5 Å². The molecule has 3 rings (SSSR count). The fourth-order valence-electron chi connectivity index (χ4n) is 2.98. The van der Waals surface area contributed by atoms with Crippen LogP contribution in [0.1, 0.15) is 25.3 Å². The molecule has 2 aliphatic rings. The van der Waals surface area contributed by atoms with Gasteiger partial charge in [-0.25, -0.2) is 0 Å². The van der Waals surface area contributed by atoms with E-state index < -0.39 is 0 Å². The van der Waals surface area contributed by atoms with E-state index in [0.717, 1.165) is 49.7 Å². The maximum Gasteiger partial charge on any atom is 0.223 e. The van der Waals surface area contributed by atoms with E-state index in [1.165, 1.54) is 0 Å². The van der Waals surface area contributed by atoms with Crippen molar-refractivity contribution < 1.29 is 9.53 Å². The van der Waals surface area contributed by atoms with Crippen LogP contribution in [0.25, 0.3) is 0 Å². The molecule has 1 N–H and O–H groups in total. The molecular formula is C17H23ClN2O2. The molecule has 0 bridgehead atoms. The Labute approximate surface area is 136 Å². The Morgan fingerprint density at radius 2 is 2.00 bits per heavy atom. The molecule has 1 aromatic carbocycles. The monoisotopic (exact) mass is 322 g/mol. The zero-order valence-corrected chi connectivity index (χ0v) is 13.7. The number of rotatable bonds is 5. The van der Waals surface area contributed by atoms with Gasteiger partial charge in [0, 0.05) is 24.0 Å². The largest absolute Gasteiger partial charge is 0.369 e. The summed E-state index contributed by atoms with van der Waals surface area (Å²) in [6, 6.07) is 7.59. The van der Waals surface area contributed by atoms with Crippen molar-refractivity contribution in [2.24, 2.45) is 5.92 Å². The molecule has 1 amide bonds. The zero-order valence-electron chi connectivity index (χ0n) is 13.0. The molecular weight excluding hydrogens is 300 g/mol. The topological polar surface area (TPSA) is 44.9 Å². The third-order valence-electron chi connectivity index (χ3n) is 4.53. The molecule has 2 saturated heterocycles. The first-order chi connectivity index (χ1) is 10.5. The minimum atomic E-state index is 0.0731. The van der Waals surface area contributed by atoms with Gasteiger partial charge < -0.3 is 15.0 Å². The average molecular weight is 323 g/mol. The van der Waals surface area contributed by atoms with Crippen molar-refractivity contribution in [1.82, 2.24) is 10.2 Å². The van der Waals surface area contributed by atoms with Crippen molar-refractivity contribution in [1.29, 1.82) is 0 Å². The van der Waals surface area contributed by atoms with Crippen LogP contribution in [-0.4, -0.2) is 42.6 Å². The van der Waals surface area contributed by atoms with E-state index >= 15 is 0 Å². The van der Waals surface area contributed by atoms with Gasteiger partial charge in [-0.2, -0.15) is 0 Å².